The van der Waals surface area contributed by atoms with Crippen molar-refractivity contribution in [2.24, 2.45) is 0 Å². The van der Waals surface area contributed by atoms with E-state index in [9.17, 15) is 0 Å². The topological polar surface area (TPSA) is 38.2 Å². The lowest BCUT2D eigenvalue weighted by Crippen LogP contribution is -2.43. The quantitative estimate of drug-likeness (QED) is 0.841. The van der Waals surface area contributed by atoms with Crippen LogP contribution in [-0.4, -0.2) is 39.5 Å². The van der Waals surface area contributed by atoms with Crippen molar-refractivity contribution in [3.05, 3.63) is 5.82 Å². The van der Waals surface area contributed by atoms with Crippen LogP contribution < -0.4 is 4.74 Å². The summed E-state index contributed by atoms with van der Waals surface area (Å²) in [5.41, 5.74) is 0. The average Bonchev–Trinajstić information content (AvgIpc) is 3.08. The first kappa shape index (κ1) is 11.2. The lowest BCUT2D eigenvalue weighted by atomic mass is 10.0. The molecule has 0 amide bonds. The maximum atomic E-state index is 6.06. The number of ether oxygens (including phenoxy) is 1. The summed E-state index contributed by atoms with van der Waals surface area (Å²) >= 11 is 1.44. The predicted octanol–water partition coefficient (Wildman–Crippen LogP) is 2.42. The molecule has 18 heavy (non-hydrogen) atoms. The fraction of sp³-hybridized carbons (Fsp3) is 0.846. The van der Waals surface area contributed by atoms with Gasteiger partial charge in [-0.05, 0) is 45.6 Å². The van der Waals surface area contributed by atoms with E-state index in [0.29, 0.717) is 12.0 Å². The summed E-state index contributed by atoms with van der Waals surface area (Å²) in [6.45, 7) is 0. The van der Waals surface area contributed by atoms with Crippen LogP contribution in [0.5, 0.6) is 5.19 Å². The van der Waals surface area contributed by atoms with Gasteiger partial charge in [0.05, 0.1) is 0 Å². The smallest absolute Gasteiger partial charge is 0.293 e. The fourth-order valence-corrected chi connectivity index (χ4v) is 4.05. The molecule has 3 heterocycles. The van der Waals surface area contributed by atoms with Gasteiger partial charge in [0.25, 0.3) is 5.19 Å². The van der Waals surface area contributed by atoms with Gasteiger partial charge >= 0.3 is 0 Å². The number of nitrogens with zero attached hydrogens (tertiary/aromatic N) is 3. The van der Waals surface area contributed by atoms with E-state index in [1.807, 2.05) is 0 Å². The molecule has 2 aliphatic heterocycles. The highest BCUT2D eigenvalue weighted by Crippen LogP contribution is 2.40. The van der Waals surface area contributed by atoms with Gasteiger partial charge in [-0.25, -0.2) is 0 Å². The van der Waals surface area contributed by atoms with Crippen LogP contribution in [0.2, 0.25) is 0 Å². The summed E-state index contributed by atoms with van der Waals surface area (Å²) in [6, 6.07) is 1.45. The molecule has 5 heteroatoms. The van der Waals surface area contributed by atoms with Gasteiger partial charge in [-0.15, -0.1) is 0 Å². The molecule has 2 atom stereocenters. The first-order valence-corrected chi connectivity index (χ1v) is 7.79. The predicted molar refractivity (Wildman–Crippen MR) is 70.1 cm³/mol. The lowest BCUT2D eigenvalue weighted by molar-refractivity contribution is 0.0659. The van der Waals surface area contributed by atoms with E-state index >= 15 is 0 Å². The molecule has 0 radical (unpaired) electrons. The minimum Gasteiger partial charge on any atom is -0.466 e. The number of piperidine rings is 1. The van der Waals surface area contributed by atoms with Gasteiger partial charge in [0.2, 0.25) is 0 Å². The Labute approximate surface area is 112 Å². The first-order chi connectivity index (χ1) is 8.79. The van der Waals surface area contributed by atoms with Crippen LogP contribution in [0.15, 0.2) is 0 Å². The van der Waals surface area contributed by atoms with Crippen LogP contribution in [0.25, 0.3) is 0 Å². The Morgan fingerprint density at radius 1 is 1.17 bits per heavy atom. The minimum absolute atomic E-state index is 0.360. The molecular formula is C13H19N3OS. The SMILES string of the molecule is CN1C2CCC1CC(Oc1nc(C3CC3)ns1)C2. The van der Waals surface area contributed by atoms with Crippen molar-refractivity contribution in [1.82, 2.24) is 14.3 Å². The number of hydrogen-bond donors (Lipinski definition) is 0. The molecule has 1 aliphatic carbocycles. The number of hydrogen-bond acceptors (Lipinski definition) is 5. The summed E-state index contributed by atoms with van der Waals surface area (Å²) in [4.78, 5) is 7.06. The summed E-state index contributed by atoms with van der Waals surface area (Å²) in [5, 5.41) is 0.797. The van der Waals surface area contributed by atoms with Crippen molar-refractivity contribution < 1.29 is 4.74 Å². The zero-order chi connectivity index (χ0) is 12.1. The van der Waals surface area contributed by atoms with E-state index in [1.54, 1.807) is 0 Å². The van der Waals surface area contributed by atoms with Crippen molar-refractivity contribution in [2.75, 3.05) is 7.05 Å². The van der Waals surface area contributed by atoms with Crippen molar-refractivity contribution in [3.63, 3.8) is 0 Å². The molecule has 4 rings (SSSR count). The van der Waals surface area contributed by atoms with E-state index in [4.69, 9.17) is 4.74 Å². The monoisotopic (exact) mass is 265 g/mol. The number of fused-ring (bicyclic) bond motifs is 2. The zero-order valence-electron chi connectivity index (χ0n) is 10.7. The van der Waals surface area contributed by atoms with Gasteiger partial charge in [0.1, 0.15) is 11.9 Å². The normalized spacial score (nSPS) is 35.9. The van der Waals surface area contributed by atoms with Crippen molar-refractivity contribution in [1.29, 1.82) is 0 Å². The number of aromatic nitrogens is 2. The molecule has 2 bridgehead atoms. The summed E-state index contributed by atoms with van der Waals surface area (Å²) < 4.78 is 10.5. The van der Waals surface area contributed by atoms with Crippen LogP contribution in [0.3, 0.4) is 0 Å². The minimum atomic E-state index is 0.360. The number of rotatable bonds is 3. The molecule has 98 valence electrons. The molecule has 1 aromatic heterocycles. The second-order valence-corrected chi connectivity index (χ2v) is 6.67. The van der Waals surface area contributed by atoms with Gasteiger partial charge < -0.3 is 9.64 Å². The van der Waals surface area contributed by atoms with Gasteiger partial charge in [0, 0.05) is 29.5 Å². The highest BCUT2D eigenvalue weighted by molar-refractivity contribution is 7.07. The van der Waals surface area contributed by atoms with Crippen LogP contribution in [-0.2, 0) is 0 Å². The molecule has 4 nitrogen and oxygen atoms in total. The van der Waals surface area contributed by atoms with Crippen LogP contribution in [0, 0.1) is 0 Å². The third kappa shape index (κ3) is 1.93. The Morgan fingerprint density at radius 3 is 2.56 bits per heavy atom. The zero-order valence-corrected chi connectivity index (χ0v) is 11.5. The second-order valence-electron chi connectivity index (χ2n) is 5.95. The maximum absolute atomic E-state index is 6.06. The van der Waals surface area contributed by atoms with Crippen LogP contribution in [0.4, 0.5) is 0 Å². The Kier molecular flexibility index (Phi) is 2.59. The highest BCUT2D eigenvalue weighted by Gasteiger charge is 2.39. The largest absolute Gasteiger partial charge is 0.466 e. The molecule has 1 saturated carbocycles. The molecule has 2 saturated heterocycles. The van der Waals surface area contributed by atoms with Crippen molar-refractivity contribution >= 4 is 11.5 Å². The molecule has 3 aliphatic rings. The summed E-state index contributed by atoms with van der Waals surface area (Å²) in [5.74, 6) is 1.65. The Balaban J connectivity index is 1.42. The lowest BCUT2D eigenvalue weighted by Gasteiger charge is -2.35. The van der Waals surface area contributed by atoms with E-state index in [2.05, 4.69) is 21.3 Å². The Hall–Kier alpha value is -0.680. The van der Waals surface area contributed by atoms with E-state index in [1.165, 1.54) is 37.2 Å². The molecule has 3 fully saturated rings. The molecule has 2 unspecified atom stereocenters. The highest BCUT2D eigenvalue weighted by atomic mass is 32.1. The van der Waals surface area contributed by atoms with Gasteiger partial charge in [0.15, 0.2) is 0 Å². The van der Waals surface area contributed by atoms with E-state index in [0.717, 1.165) is 35.9 Å². The molecular weight excluding hydrogens is 246 g/mol. The third-order valence-corrected chi connectivity index (χ3v) is 5.31. The van der Waals surface area contributed by atoms with E-state index in [-0.39, 0.29) is 0 Å². The average molecular weight is 265 g/mol. The fourth-order valence-electron chi connectivity index (χ4n) is 3.38. The van der Waals surface area contributed by atoms with Crippen LogP contribution >= 0.6 is 11.5 Å². The Morgan fingerprint density at radius 2 is 1.89 bits per heavy atom. The Bertz CT molecular complexity index is 431. The van der Waals surface area contributed by atoms with Gasteiger partial charge in [-0.1, -0.05) is 0 Å². The molecule has 0 aromatic carbocycles. The summed E-state index contributed by atoms with van der Waals surface area (Å²) in [7, 11) is 2.26. The second kappa shape index (κ2) is 4.17. The van der Waals surface area contributed by atoms with Gasteiger partial charge in [-0.2, -0.15) is 9.36 Å². The standard InChI is InChI=1S/C13H19N3OS/c1-16-9-4-5-10(16)7-11(6-9)17-13-14-12(15-18-13)8-2-3-8/h8-11H,2-7H2,1H3. The first-order valence-electron chi connectivity index (χ1n) is 7.02. The maximum Gasteiger partial charge on any atom is 0.293 e. The van der Waals surface area contributed by atoms with Gasteiger partial charge in [-0.3, -0.25) is 0 Å². The van der Waals surface area contributed by atoms with Crippen LogP contribution in [0.1, 0.15) is 50.3 Å². The summed E-state index contributed by atoms with van der Waals surface area (Å²) in [6.07, 6.45) is 7.87. The third-order valence-electron chi connectivity index (χ3n) is 4.69. The van der Waals surface area contributed by atoms with Crippen molar-refractivity contribution in [3.8, 4) is 5.19 Å². The molecule has 0 N–H and O–H groups in total. The molecule has 1 aromatic rings. The van der Waals surface area contributed by atoms with Crippen molar-refractivity contribution in [2.45, 2.75) is 62.6 Å². The molecule has 0 spiro atoms. The van der Waals surface area contributed by atoms with E-state index < -0.39 is 0 Å².